The number of anilines is 1. The maximum atomic E-state index is 13.6. The molecule has 0 fully saturated rings. The van der Waals surface area contributed by atoms with E-state index in [-0.39, 0.29) is 11.2 Å². The van der Waals surface area contributed by atoms with E-state index >= 15 is 0 Å². The van der Waals surface area contributed by atoms with E-state index in [1.165, 1.54) is 0 Å². The molecule has 0 saturated heterocycles. The molecular weight excluding hydrogens is 420 g/mol. The minimum Gasteiger partial charge on any atom is -0.444 e. The molecule has 5 nitrogen and oxygen atoms in total. The second kappa shape index (κ2) is 8.90. The van der Waals surface area contributed by atoms with Crippen LogP contribution in [0.25, 0.3) is 0 Å². The zero-order valence-electron chi connectivity index (χ0n) is 17.9. The van der Waals surface area contributed by atoms with Crippen LogP contribution < -0.4 is 10.2 Å². The number of amides is 2. The van der Waals surface area contributed by atoms with Gasteiger partial charge in [-0.1, -0.05) is 36.7 Å². The van der Waals surface area contributed by atoms with Crippen molar-refractivity contribution in [2.75, 3.05) is 4.90 Å². The molecule has 0 spiro atoms. The Kier molecular flexibility index (Phi) is 6.68. The van der Waals surface area contributed by atoms with Gasteiger partial charge in [0.15, 0.2) is 0 Å². The number of fused-ring (bicyclic) bond motifs is 1. The molecule has 0 aromatic heterocycles. The number of halogens is 1. The van der Waals surface area contributed by atoms with Crippen molar-refractivity contribution in [3.63, 3.8) is 0 Å². The van der Waals surface area contributed by atoms with Crippen molar-refractivity contribution in [2.24, 2.45) is 0 Å². The lowest BCUT2D eigenvalue weighted by Crippen LogP contribution is -2.52. The monoisotopic (exact) mass is 446 g/mol. The molecule has 1 aliphatic rings. The SMILES string of the molecule is Cc1ccc2c(c1)SC(C)[C@H](NC(=O)OC(C)(C)C)C(=O)N2Cc1ccc(Cl)cc1. The van der Waals surface area contributed by atoms with Crippen molar-refractivity contribution in [3.8, 4) is 0 Å². The summed E-state index contributed by atoms with van der Waals surface area (Å²) < 4.78 is 5.40. The zero-order valence-corrected chi connectivity index (χ0v) is 19.4. The lowest BCUT2D eigenvalue weighted by Gasteiger charge is -2.28. The fourth-order valence-corrected chi connectivity index (χ4v) is 4.64. The summed E-state index contributed by atoms with van der Waals surface area (Å²) in [5, 5.41) is 3.27. The van der Waals surface area contributed by atoms with Crippen molar-refractivity contribution in [2.45, 2.75) is 63.0 Å². The van der Waals surface area contributed by atoms with E-state index in [1.807, 2.05) is 50.2 Å². The molecular formula is C23H27ClN2O3S. The predicted octanol–water partition coefficient (Wildman–Crippen LogP) is 5.57. The summed E-state index contributed by atoms with van der Waals surface area (Å²) in [5.41, 5.74) is 2.27. The standard InChI is InChI=1S/C23H27ClN2O3S/c1-14-6-11-18-19(12-14)30-15(2)20(25-22(28)29-23(3,4)5)21(27)26(18)13-16-7-9-17(24)10-8-16/h6-12,15,20H,13H2,1-5H3,(H,25,28)/t15?,20-/m0/s1. The van der Waals surface area contributed by atoms with Crippen molar-refractivity contribution in [1.82, 2.24) is 5.32 Å². The number of carbonyl (C=O) groups excluding carboxylic acids is 2. The average Bonchev–Trinajstić information content (AvgIpc) is 2.72. The van der Waals surface area contributed by atoms with Gasteiger partial charge in [0, 0.05) is 15.2 Å². The van der Waals surface area contributed by atoms with Crippen LogP contribution in [-0.2, 0) is 16.1 Å². The van der Waals surface area contributed by atoms with Gasteiger partial charge < -0.3 is 15.0 Å². The van der Waals surface area contributed by atoms with Crippen LogP contribution >= 0.6 is 23.4 Å². The first kappa shape index (κ1) is 22.5. The first-order chi connectivity index (χ1) is 14.0. The maximum Gasteiger partial charge on any atom is 0.408 e. The number of alkyl carbamates (subject to hydrolysis) is 1. The Hall–Kier alpha value is -2.18. The average molecular weight is 447 g/mol. The fourth-order valence-electron chi connectivity index (χ4n) is 3.24. The molecule has 1 aliphatic heterocycles. The van der Waals surface area contributed by atoms with Gasteiger partial charge in [-0.25, -0.2) is 4.79 Å². The third-order valence-corrected chi connectivity index (χ3v) is 6.12. The van der Waals surface area contributed by atoms with Crippen molar-refractivity contribution >= 4 is 41.1 Å². The van der Waals surface area contributed by atoms with Crippen LogP contribution in [-0.4, -0.2) is 28.9 Å². The number of benzene rings is 2. The molecule has 0 aliphatic carbocycles. The highest BCUT2D eigenvalue weighted by molar-refractivity contribution is 8.00. The summed E-state index contributed by atoms with van der Waals surface area (Å²) in [6, 6.07) is 12.7. The van der Waals surface area contributed by atoms with Crippen molar-refractivity contribution in [1.29, 1.82) is 0 Å². The summed E-state index contributed by atoms with van der Waals surface area (Å²) in [5.74, 6) is -0.168. The van der Waals surface area contributed by atoms with Crippen LogP contribution in [0.3, 0.4) is 0 Å². The second-order valence-corrected chi connectivity index (χ2v) is 10.3. The first-order valence-electron chi connectivity index (χ1n) is 9.86. The summed E-state index contributed by atoms with van der Waals surface area (Å²) in [4.78, 5) is 28.8. The predicted molar refractivity (Wildman–Crippen MR) is 122 cm³/mol. The Bertz CT molecular complexity index is 940. The third-order valence-electron chi connectivity index (χ3n) is 4.65. The van der Waals surface area contributed by atoms with Crippen LogP contribution in [0, 0.1) is 6.92 Å². The van der Waals surface area contributed by atoms with Gasteiger partial charge in [0.05, 0.1) is 12.2 Å². The number of nitrogens with zero attached hydrogens (tertiary/aromatic N) is 1. The van der Waals surface area contributed by atoms with Gasteiger partial charge >= 0.3 is 6.09 Å². The molecule has 160 valence electrons. The molecule has 1 N–H and O–H groups in total. The maximum absolute atomic E-state index is 13.6. The van der Waals surface area contributed by atoms with Crippen LogP contribution in [0.5, 0.6) is 0 Å². The van der Waals surface area contributed by atoms with Gasteiger partial charge in [0.1, 0.15) is 11.6 Å². The molecule has 30 heavy (non-hydrogen) atoms. The van der Waals surface area contributed by atoms with Gasteiger partial charge in [-0.2, -0.15) is 0 Å². The third kappa shape index (κ3) is 5.49. The normalized spacial score (nSPS) is 19.1. The van der Waals surface area contributed by atoms with E-state index in [0.29, 0.717) is 11.6 Å². The molecule has 0 bridgehead atoms. The van der Waals surface area contributed by atoms with Crippen LogP contribution in [0.15, 0.2) is 47.4 Å². The number of rotatable bonds is 3. The molecule has 1 heterocycles. The molecule has 2 aromatic rings. The number of thioether (sulfide) groups is 1. The van der Waals surface area contributed by atoms with Gasteiger partial charge in [-0.05, 0) is 63.1 Å². The Morgan fingerprint density at radius 1 is 1.20 bits per heavy atom. The van der Waals surface area contributed by atoms with E-state index < -0.39 is 17.7 Å². The number of carbonyl (C=O) groups is 2. The zero-order chi connectivity index (χ0) is 22.1. The van der Waals surface area contributed by atoms with E-state index in [2.05, 4.69) is 11.4 Å². The fraction of sp³-hybridized carbons (Fsp3) is 0.391. The first-order valence-corrected chi connectivity index (χ1v) is 11.1. The van der Waals surface area contributed by atoms with E-state index in [4.69, 9.17) is 16.3 Å². The van der Waals surface area contributed by atoms with Crippen LogP contribution in [0.2, 0.25) is 5.02 Å². The topological polar surface area (TPSA) is 58.6 Å². The Morgan fingerprint density at radius 2 is 1.87 bits per heavy atom. The number of hydrogen-bond donors (Lipinski definition) is 1. The molecule has 0 saturated carbocycles. The molecule has 0 radical (unpaired) electrons. The number of ether oxygens (including phenoxy) is 1. The van der Waals surface area contributed by atoms with Gasteiger partial charge in [0.2, 0.25) is 0 Å². The van der Waals surface area contributed by atoms with Crippen molar-refractivity contribution < 1.29 is 14.3 Å². The number of nitrogens with one attached hydrogen (secondary N) is 1. The molecule has 2 aromatic carbocycles. The van der Waals surface area contributed by atoms with E-state index in [1.54, 1.807) is 37.4 Å². The van der Waals surface area contributed by atoms with Gasteiger partial charge in [-0.3, -0.25) is 4.79 Å². The van der Waals surface area contributed by atoms with Crippen LogP contribution in [0.1, 0.15) is 38.8 Å². The number of hydrogen-bond acceptors (Lipinski definition) is 4. The smallest absolute Gasteiger partial charge is 0.408 e. The molecule has 2 atom stereocenters. The second-order valence-electron chi connectivity index (χ2n) is 8.47. The summed E-state index contributed by atoms with van der Waals surface area (Å²) in [7, 11) is 0. The molecule has 2 amide bonds. The highest BCUT2D eigenvalue weighted by atomic mass is 35.5. The van der Waals surface area contributed by atoms with Gasteiger partial charge in [0.25, 0.3) is 5.91 Å². The highest BCUT2D eigenvalue weighted by Crippen LogP contribution is 2.39. The number of aryl methyl sites for hydroxylation is 1. The molecule has 7 heteroatoms. The lowest BCUT2D eigenvalue weighted by atomic mass is 10.1. The largest absolute Gasteiger partial charge is 0.444 e. The lowest BCUT2D eigenvalue weighted by molar-refractivity contribution is -0.120. The molecule has 3 rings (SSSR count). The minimum atomic E-state index is -0.718. The van der Waals surface area contributed by atoms with Gasteiger partial charge in [-0.15, -0.1) is 11.8 Å². The summed E-state index contributed by atoms with van der Waals surface area (Å²) >= 11 is 7.60. The quantitative estimate of drug-likeness (QED) is 0.669. The summed E-state index contributed by atoms with van der Waals surface area (Å²) in [6.07, 6.45) is -0.595. The van der Waals surface area contributed by atoms with E-state index in [9.17, 15) is 9.59 Å². The van der Waals surface area contributed by atoms with Crippen molar-refractivity contribution in [3.05, 3.63) is 58.6 Å². The Balaban J connectivity index is 1.95. The highest BCUT2D eigenvalue weighted by Gasteiger charge is 2.37. The minimum absolute atomic E-state index is 0.166. The summed E-state index contributed by atoms with van der Waals surface area (Å²) in [6.45, 7) is 9.74. The van der Waals surface area contributed by atoms with E-state index in [0.717, 1.165) is 21.7 Å². The Morgan fingerprint density at radius 3 is 2.50 bits per heavy atom. The Labute approximate surface area is 187 Å². The molecule has 1 unspecified atom stereocenters. The van der Waals surface area contributed by atoms with Crippen LogP contribution in [0.4, 0.5) is 10.5 Å².